The van der Waals surface area contributed by atoms with Gasteiger partial charge in [0.05, 0.1) is 4.91 Å². The lowest BCUT2D eigenvalue weighted by Crippen LogP contribution is -2.51. The van der Waals surface area contributed by atoms with Crippen LogP contribution in [0.4, 0.5) is 5.69 Å². The molecule has 0 saturated carbocycles. The van der Waals surface area contributed by atoms with E-state index in [2.05, 4.69) is 17.0 Å². The summed E-state index contributed by atoms with van der Waals surface area (Å²) in [6.45, 7) is 2.82. The van der Waals surface area contributed by atoms with Gasteiger partial charge in [-0.2, -0.15) is 0 Å². The van der Waals surface area contributed by atoms with Crippen LogP contribution in [0.1, 0.15) is 5.56 Å². The molecule has 0 N–H and O–H groups in total. The van der Waals surface area contributed by atoms with E-state index in [-0.39, 0.29) is 18.4 Å². The van der Waals surface area contributed by atoms with Crippen LogP contribution in [0.15, 0.2) is 77.7 Å². The number of hydrogen-bond acceptors (Lipinski definition) is 5. The quantitative estimate of drug-likeness (QED) is 0.513. The zero-order chi connectivity index (χ0) is 21.6. The van der Waals surface area contributed by atoms with E-state index in [1.54, 1.807) is 6.08 Å². The zero-order valence-electron chi connectivity index (χ0n) is 17.0. The molecule has 2 amide bonds. The Bertz CT molecular complexity index is 1010. The van der Waals surface area contributed by atoms with Crippen LogP contribution in [-0.4, -0.2) is 58.7 Å². The molecule has 2 saturated heterocycles. The zero-order valence-corrected chi connectivity index (χ0v) is 18.6. The van der Waals surface area contributed by atoms with E-state index in [1.165, 1.54) is 22.3 Å². The summed E-state index contributed by atoms with van der Waals surface area (Å²) in [6, 6.07) is 20.1. The highest BCUT2D eigenvalue weighted by molar-refractivity contribution is 8.26. The molecule has 2 fully saturated rings. The molecule has 0 aromatic heterocycles. The predicted octanol–water partition coefficient (Wildman–Crippen LogP) is 3.79. The number of amides is 2. The Hall–Kier alpha value is -2.90. The molecule has 0 aliphatic carbocycles. The topological polar surface area (TPSA) is 43.9 Å². The number of para-hydroxylation sites is 1. The summed E-state index contributed by atoms with van der Waals surface area (Å²) < 4.78 is 0.431. The highest BCUT2D eigenvalue weighted by Gasteiger charge is 2.34. The fraction of sp³-hybridized carbons (Fsp3) is 0.208. The first-order chi connectivity index (χ1) is 15.1. The van der Waals surface area contributed by atoms with Gasteiger partial charge in [-0.3, -0.25) is 14.5 Å². The normalized spacial score (nSPS) is 18.5. The van der Waals surface area contributed by atoms with Gasteiger partial charge in [-0.25, -0.2) is 0 Å². The molecule has 2 aromatic carbocycles. The third-order valence-electron chi connectivity index (χ3n) is 5.26. The lowest BCUT2D eigenvalue weighted by molar-refractivity contribution is -0.135. The van der Waals surface area contributed by atoms with Gasteiger partial charge in [-0.15, -0.1) is 0 Å². The number of hydrogen-bond donors (Lipinski definition) is 0. The molecule has 31 heavy (non-hydrogen) atoms. The smallest absolute Gasteiger partial charge is 0.266 e. The molecule has 5 nitrogen and oxygen atoms in total. The Morgan fingerprint density at radius 2 is 1.61 bits per heavy atom. The largest absolute Gasteiger partial charge is 0.368 e. The van der Waals surface area contributed by atoms with Gasteiger partial charge in [-0.1, -0.05) is 84.7 Å². The Balaban J connectivity index is 1.32. The van der Waals surface area contributed by atoms with Gasteiger partial charge in [0.2, 0.25) is 5.91 Å². The molecular weight excluding hydrogens is 426 g/mol. The highest BCUT2D eigenvalue weighted by Crippen LogP contribution is 2.31. The van der Waals surface area contributed by atoms with Gasteiger partial charge in [0.1, 0.15) is 10.9 Å². The van der Waals surface area contributed by atoms with Crippen molar-refractivity contribution in [2.75, 3.05) is 37.6 Å². The summed E-state index contributed by atoms with van der Waals surface area (Å²) in [7, 11) is 0. The first-order valence-electron chi connectivity index (χ1n) is 10.2. The standard InChI is InChI=1S/C24H23N3O2S2/c28-22(26-16-14-25(15-17-26)20-11-5-2-6-12-20)18-27-23(29)21(31-24(27)30)13-7-10-19-8-3-1-4-9-19/h1-13H,14-18H2. The molecule has 2 aliphatic rings. The summed E-state index contributed by atoms with van der Waals surface area (Å²) in [5.74, 6) is -0.269. The van der Waals surface area contributed by atoms with Gasteiger partial charge in [0.25, 0.3) is 5.91 Å². The molecule has 4 rings (SSSR count). The second-order valence-electron chi connectivity index (χ2n) is 7.26. The van der Waals surface area contributed by atoms with Gasteiger partial charge in [-0.05, 0) is 23.8 Å². The van der Waals surface area contributed by atoms with E-state index in [0.717, 1.165) is 18.7 Å². The van der Waals surface area contributed by atoms with E-state index in [9.17, 15) is 9.59 Å². The first kappa shape index (κ1) is 21.3. The van der Waals surface area contributed by atoms with Crippen molar-refractivity contribution in [1.82, 2.24) is 9.80 Å². The number of carbonyl (C=O) groups excluding carboxylic acids is 2. The number of anilines is 1. The van der Waals surface area contributed by atoms with Gasteiger partial charge < -0.3 is 9.80 Å². The van der Waals surface area contributed by atoms with Crippen LogP contribution in [0.25, 0.3) is 6.08 Å². The maximum absolute atomic E-state index is 12.8. The average molecular weight is 450 g/mol. The molecular formula is C24H23N3O2S2. The van der Waals surface area contributed by atoms with Crippen LogP contribution in [0.3, 0.4) is 0 Å². The minimum atomic E-state index is -0.205. The Morgan fingerprint density at radius 3 is 2.29 bits per heavy atom. The fourth-order valence-corrected chi connectivity index (χ4v) is 4.76. The second kappa shape index (κ2) is 9.94. The lowest BCUT2D eigenvalue weighted by Gasteiger charge is -2.36. The summed E-state index contributed by atoms with van der Waals surface area (Å²) in [6.07, 6.45) is 5.53. The van der Waals surface area contributed by atoms with E-state index in [0.29, 0.717) is 22.3 Å². The highest BCUT2D eigenvalue weighted by atomic mass is 32.2. The van der Waals surface area contributed by atoms with Crippen molar-refractivity contribution >= 4 is 51.9 Å². The molecule has 0 bridgehead atoms. The van der Waals surface area contributed by atoms with Gasteiger partial charge >= 0.3 is 0 Å². The van der Waals surface area contributed by atoms with Crippen LogP contribution in [-0.2, 0) is 9.59 Å². The predicted molar refractivity (Wildman–Crippen MR) is 131 cm³/mol. The van der Waals surface area contributed by atoms with Crippen LogP contribution < -0.4 is 4.90 Å². The van der Waals surface area contributed by atoms with Crippen LogP contribution >= 0.6 is 24.0 Å². The summed E-state index contributed by atoms with van der Waals surface area (Å²) in [5, 5.41) is 0. The Labute approximate surface area is 192 Å². The SMILES string of the molecule is O=C(CN1C(=O)C(=CC=Cc2ccccc2)SC1=S)N1CCN(c2ccccc2)CC1. The van der Waals surface area contributed by atoms with Crippen LogP contribution in [0.2, 0.25) is 0 Å². The molecule has 2 aliphatic heterocycles. The maximum Gasteiger partial charge on any atom is 0.266 e. The third-order valence-corrected chi connectivity index (χ3v) is 6.65. The van der Waals surface area contributed by atoms with Crippen molar-refractivity contribution in [1.29, 1.82) is 0 Å². The van der Waals surface area contributed by atoms with Crippen LogP contribution in [0, 0.1) is 0 Å². The molecule has 0 unspecified atom stereocenters. The molecule has 2 heterocycles. The molecule has 7 heteroatoms. The number of nitrogens with zero attached hydrogens (tertiary/aromatic N) is 3. The van der Waals surface area contributed by atoms with E-state index >= 15 is 0 Å². The van der Waals surface area contributed by atoms with Gasteiger partial charge in [0.15, 0.2) is 0 Å². The number of benzene rings is 2. The van der Waals surface area contributed by atoms with Gasteiger partial charge in [0, 0.05) is 31.9 Å². The van der Waals surface area contributed by atoms with Crippen molar-refractivity contribution < 1.29 is 9.59 Å². The van der Waals surface area contributed by atoms with Crippen molar-refractivity contribution in [3.05, 3.63) is 83.3 Å². The minimum Gasteiger partial charge on any atom is -0.368 e. The second-order valence-corrected chi connectivity index (χ2v) is 8.94. The average Bonchev–Trinajstić information content (AvgIpc) is 3.08. The van der Waals surface area contributed by atoms with Crippen molar-refractivity contribution in [2.24, 2.45) is 0 Å². The summed E-state index contributed by atoms with van der Waals surface area (Å²) in [4.78, 5) is 31.6. The molecule has 0 atom stereocenters. The molecule has 2 aromatic rings. The fourth-order valence-electron chi connectivity index (χ4n) is 3.55. The molecule has 0 radical (unpaired) electrons. The van der Waals surface area contributed by atoms with E-state index in [1.807, 2.05) is 65.6 Å². The number of carbonyl (C=O) groups is 2. The number of piperazine rings is 1. The summed E-state index contributed by atoms with van der Waals surface area (Å²) >= 11 is 6.61. The van der Waals surface area contributed by atoms with Crippen molar-refractivity contribution in [3.63, 3.8) is 0 Å². The number of thiocarbonyl (C=S) groups is 1. The molecule has 158 valence electrons. The van der Waals surface area contributed by atoms with Crippen LogP contribution in [0.5, 0.6) is 0 Å². The minimum absolute atomic E-state index is 0.00422. The Morgan fingerprint density at radius 1 is 0.968 bits per heavy atom. The monoisotopic (exact) mass is 449 g/mol. The number of thioether (sulfide) groups is 1. The third kappa shape index (κ3) is 5.24. The Kier molecular flexibility index (Phi) is 6.84. The molecule has 0 spiro atoms. The number of rotatable bonds is 5. The van der Waals surface area contributed by atoms with Crippen molar-refractivity contribution in [3.8, 4) is 0 Å². The maximum atomic E-state index is 12.8. The van der Waals surface area contributed by atoms with E-state index in [4.69, 9.17) is 12.2 Å². The lowest BCUT2D eigenvalue weighted by atomic mass is 10.2. The van der Waals surface area contributed by atoms with E-state index < -0.39 is 0 Å². The van der Waals surface area contributed by atoms with Crippen molar-refractivity contribution in [2.45, 2.75) is 0 Å². The first-order valence-corrected chi connectivity index (χ1v) is 11.4. The number of allylic oxidation sites excluding steroid dienone is 2. The summed E-state index contributed by atoms with van der Waals surface area (Å²) in [5.41, 5.74) is 2.22.